The van der Waals surface area contributed by atoms with Gasteiger partial charge in [-0.2, -0.15) is 5.10 Å². The molecule has 4 nitrogen and oxygen atoms in total. The minimum absolute atomic E-state index is 0.466. The summed E-state index contributed by atoms with van der Waals surface area (Å²) in [5.41, 5.74) is 0.893. The molecule has 86 valence electrons. The minimum atomic E-state index is -0.466. The highest BCUT2D eigenvalue weighted by Crippen LogP contribution is 2.12. The van der Waals surface area contributed by atoms with Gasteiger partial charge in [0, 0.05) is 19.3 Å². The molecule has 0 saturated carbocycles. The Balaban J connectivity index is 2.62. The number of nitrogens with zero attached hydrogens (tertiary/aromatic N) is 2. The summed E-state index contributed by atoms with van der Waals surface area (Å²) in [5, 5.41) is 17.3. The highest BCUT2D eigenvalue weighted by molar-refractivity contribution is 5.05. The lowest BCUT2D eigenvalue weighted by atomic mass is 10.2. The van der Waals surface area contributed by atoms with Crippen LogP contribution in [-0.2, 0) is 6.54 Å². The molecule has 15 heavy (non-hydrogen) atoms. The molecule has 1 rings (SSSR count). The number of nitrogens with one attached hydrogen (secondary N) is 1. The molecule has 1 atom stereocenters. The second kappa shape index (κ2) is 5.88. The SMILES string of the molecule is CCNCC(O)c1ccnn1CC(C)C. The Hall–Kier alpha value is -0.870. The van der Waals surface area contributed by atoms with Crippen molar-refractivity contribution in [3.05, 3.63) is 18.0 Å². The molecule has 0 aromatic carbocycles. The quantitative estimate of drug-likeness (QED) is 0.743. The highest BCUT2D eigenvalue weighted by Gasteiger charge is 2.12. The van der Waals surface area contributed by atoms with E-state index in [1.807, 2.05) is 17.7 Å². The summed E-state index contributed by atoms with van der Waals surface area (Å²) >= 11 is 0. The van der Waals surface area contributed by atoms with E-state index >= 15 is 0 Å². The Bertz CT molecular complexity index is 283. The Labute approximate surface area is 91.3 Å². The molecule has 0 bridgehead atoms. The van der Waals surface area contributed by atoms with Crippen molar-refractivity contribution in [2.24, 2.45) is 5.92 Å². The van der Waals surface area contributed by atoms with Crippen LogP contribution in [-0.4, -0.2) is 28.0 Å². The van der Waals surface area contributed by atoms with Gasteiger partial charge in [-0.25, -0.2) is 0 Å². The molecular formula is C11H21N3O. The zero-order valence-electron chi connectivity index (χ0n) is 9.77. The summed E-state index contributed by atoms with van der Waals surface area (Å²) in [6.07, 6.45) is 1.28. The van der Waals surface area contributed by atoms with Crippen LogP contribution in [0.5, 0.6) is 0 Å². The molecule has 0 saturated heterocycles. The molecule has 1 heterocycles. The first-order valence-corrected chi connectivity index (χ1v) is 5.55. The molecule has 1 aromatic heterocycles. The van der Waals surface area contributed by atoms with Crippen molar-refractivity contribution in [1.82, 2.24) is 15.1 Å². The lowest BCUT2D eigenvalue weighted by Gasteiger charge is -2.14. The first-order valence-electron chi connectivity index (χ1n) is 5.55. The lowest BCUT2D eigenvalue weighted by Crippen LogP contribution is -2.23. The molecule has 4 heteroatoms. The first kappa shape index (κ1) is 12.2. The third-order valence-corrected chi connectivity index (χ3v) is 2.22. The maximum Gasteiger partial charge on any atom is 0.108 e. The van der Waals surface area contributed by atoms with Gasteiger partial charge in [0.25, 0.3) is 0 Å². The van der Waals surface area contributed by atoms with Crippen molar-refractivity contribution in [2.45, 2.75) is 33.4 Å². The van der Waals surface area contributed by atoms with E-state index in [0.717, 1.165) is 18.8 Å². The Morgan fingerprint density at radius 3 is 2.87 bits per heavy atom. The number of aliphatic hydroxyl groups excluding tert-OH is 1. The molecule has 0 aliphatic carbocycles. The van der Waals surface area contributed by atoms with Crippen molar-refractivity contribution in [3.8, 4) is 0 Å². The predicted octanol–water partition coefficient (Wildman–Crippen LogP) is 1.18. The van der Waals surface area contributed by atoms with Gasteiger partial charge in [0.05, 0.1) is 5.69 Å². The van der Waals surface area contributed by atoms with Crippen LogP contribution in [0.4, 0.5) is 0 Å². The monoisotopic (exact) mass is 211 g/mol. The summed E-state index contributed by atoms with van der Waals surface area (Å²) in [6, 6.07) is 1.88. The van der Waals surface area contributed by atoms with Crippen LogP contribution in [0.2, 0.25) is 0 Å². The van der Waals surface area contributed by atoms with Crippen LogP contribution < -0.4 is 5.32 Å². The van der Waals surface area contributed by atoms with E-state index in [1.54, 1.807) is 6.20 Å². The van der Waals surface area contributed by atoms with Crippen molar-refractivity contribution >= 4 is 0 Å². The maximum absolute atomic E-state index is 9.91. The van der Waals surface area contributed by atoms with Crippen molar-refractivity contribution < 1.29 is 5.11 Å². The van der Waals surface area contributed by atoms with Gasteiger partial charge in [0.1, 0.15) is 6.10 Å². The number of rotatable bonds is 6. The van der Waals surface area contributed by atoms with E-state index in [0.29, 0.717) is 12.5 Å². The predicted molar refractivity (Wildman–Crippen MR) is 60.6 cm³/mol. The van der Waals surface area contributed by atoms with Crippen molar-refractivity contribution in [2.75, 3.05) is 13.1 Å². The van der Waals surface area contributed by atoms with Gasteiger partial charge in [-0.3, -0.25) is 4.68 Å². The molecule has 2 N–H and O–H groups in total. The molecule has 0 fully saturated rings. The molecule has 0 aliphatic rings. The van der Waals surface area contributed by atoms with Crippen LogP contribution in [0.1, 0.15) is 32.6 Å². The van der Waals surface area contributed by atoms with E-state index in [4.69, 9.17) is 0 Å². The lowest BCUT2D eigenvalue weighted by molar-refractivity contribution is 0.163. The summed E-state index contributed by atoms with van der Waals surface area (Å²) in [6.45, 7) is 8.61. The molecule has 1 unspecified atom stereocenters. The van der Waals surface area contributed by atoms with E-state index in [2.05, 4.69) is 24.3 Å². The molecule has 0 aliphatic heterocycles. The maximum atomic E-state index is 9.91. The average Bonchev–Trinajstić information content (AvgIpc) is 2.61. The second-order valence-corrected chi connectivity index (χ2v) is 4.16. The van der Waals surface area contributed by atoms with Crippen LogP contribution in [0.25, 0.3) is 0 Å². The van der Waals surface area contributed by atoms with E-state index < -0.39 is 6.10 Å². The fourth-order valence-corrected chi connectivity index (χ4v) is 1.51. The van der Waals surface area contributed by atoms with Crippen molar-refractivity contribution in [1.29, 1.82) is 0 Å². The highest BCUT2D eigenvalue weighted by atomic mass is 16.3. The molecule has 0 radical (unpaired) electrons. The minimum Gasteiger partial charge on any atom is -0.385 e. The summed E-state index contributed by atoms with van der Waals surface area (Å²) < 4.78 is 1.88. The second-order valence-electron chi connectivity index (χ2n) is 4.16. The Morgan fingerprint density at radius 2 is 2.27 bits per heavy atom. The average molecular weight is 211 g/mol. The fourth-order valence-electron chi connectivity index (χ4n) is 1.51. The van der Waals surface area contributed by atoms with Crippen LogP contribution in [0, 0.1) is 5.92 Å². The Morgan fingerprint density at radius 1 is 1.53 bits per heavy atom. The standard InChI is InChI=1S/C11H21N3O/c1-4-12-7-11(15)10-5-6-13-14(10)8-9(2)3/h5-6,9,11-12,15H,4,7-8H2,1-3H3. The molecular weight excluding hydrogens is 190 g/mol. The van der Waals surface area contributed by atoms with E-state index in [1.165, 1.54) is 0 Å². The molecule has 1 aromatic rings. The summed E-state index contributed by atoms with van der Waals surface area (Å²) in [7, 11) is 0. The van der Waals surface area contributed by atoms with Gasteiger partial charge in [-0.15, -0.1) is 0 Å². The third-order valence-electron chi connectivity index (χ3n) is 2.22. The largest absolute Gasteiger partial charge is 0.385 e. The van der Waals surface area contributed by atoms with Crippen LogP contribution in [0.3, 0.4) is 0 Å². The Kier molecular flexibility index (Phi) is 4.78. The van der Waals surface area contributed by atoms with Gasteiger partial charge in [0.15, 0.2) is 0 Å². The summed E-state index contributed by atoms with van der Waals surface area (Å²) in [4.78, 5) is 0. The smallest absolute Gasteiger partial charge is 0.108 e. The zero-order chi connectivity index (χ0) is 11.3. The van der Waals surface area contributed by atoms with Crippen LogP contribution >= 0.6 is 0 Å². The normalized spacial score (nSPS) is 13.4. The molecule has 0 amide bonds. The zero-order valence-corrected chi connectivity index (χ0v) is 9.77. The van der Waals surface area contributed by atoms with Gasteiger partial charge < -0.3 is 10.4 Å². The number of hydrogen-bond acceptors (Lipinski definition) is 3. The fraction of sp³-hybridized carbons (Fsp3) is 0.727. The van der Waals surface area contributed by atoms with Crippen molar-refractivity contribution in [3.63, 3.8) is 0 Å². The molecule has 0 spiro atoms. The van der Waals surface area contributed by atoms with E-state index in [-0.39, 0.29) is 0 Å². The van der Waals surface area contributed by atoms with Crippen LogP contribution in [0.15, 0.2) is 12.3 Å². The van der Waals surface area contributed by atoms with Gasteiger partial charge in [0.2, 0.25) is 0 Å². The van der Waals surface area contributed by atoms with Gasteiger partial charge in [-0.05, 0) is 18.5 Å². The number of hydrogen-bond donors (Lipinski definition) is 2. The first-order chi connectivity index (χ1) is 7.15. The number of aliphatic hydroxyl groups is 1. The summed E-state index contributed by atoms with van der Waals surface area (Å²) in [5.74, 6) is 0.537. The third kappa shape index (κ3) is 3.64. The topological polar surface area (TPSA) is 50.1 Å². The number of likely N-dealkylation sites (N-methyl/N-ethyl adjacent to an activating group) is 1. The number of aromatic nitrogens is 2. The van der Waals surface area contributed by atoms with E-state index in [9.17, 15) is 5.11 Å². The van der Waals surface area contributed by atoms with Gasteiger partial charge in [-0.1, -0.05) is 20.8 Å². The van der Waals surface area contributed by atoms with Gasteiger partial charge >= 0.3 is 0 Å².